The molecule has 0 fully saturated rings. The van der Waals surface area contributed by atoms with E-state index in [2.05, 4.69) is 5.16 Å². The lowest BCUT2D eigenvalue weighted by Crippen LogP contribution is -2.46. The molecule has 1 unspecified atom stereocenters. The molecule has 2 aromatic carbocycles. The Bertz CT molecular complexity index is 1400. The Hall–Kier alpha value is -3.36. The van der Waals surface area contributed by atoms with Crippen LogP contribution < -0.4 is 5.32 Å². The normalized spacial score (nSPS) is 16.8. The van der Waals surface area contributed by atoms with Gasteiger partial charge in [-0.2, -0.15) is 26.3 Å². The highest BCUT2D eigenvalue weighted by molar-refractivity contribution is 6.34. The minimum absolute atomic E-state index is 0.0469. The van der Waals surface area contributed by atoms with Crippen molar-refractivity contribution in [2.75, 3.05) is 26.3 Å². The van der Waals surface area contributed by atoms with E-state index in [0.29, 0.717) is 4.90 Å². The molecule has 2 aromatic rings. The number of hydrogen-bond donors (Lipinski definition) is 1. The molecular weight excluding hydrogens is 631 g/mol. The number of halogens is 8. The predicted octanol–water partition coefficient (Wildman–Crippen LogP) is 5.96. The Morgan fingerprint density at radius 2 is 1.72 bits per heavy atom. The first-order valence-electron chi connectivity index (χ1n) is 12.6. The second-order valence-electron chi connectivity index (χ2n) is 9.44. The van der Waals surface area contributed by atoms with Gasteiger partial charge < -0.3 is 14.9 Å². The van der Waals surface area contributed by atoms with Crippen molar-refractivity contribution in [1.82, 2.24) is 10.2 Å². The fourth-order valence-corrected chi connectivity index (χ4v) is 4.71. The van der Waals surface area contributed by atoms with Crippen LogP contribution in [0.2, 0.25) is 10.0 Å². The van der Waals surface area contributed by atoms with Gasteiger partial charge in [-0.15, -0.1) is 0 Å². The standard InChI is InChI=1S/C27H25Cl2F6N3O5/c1-3-42-7-6-23(40)38(13-22(39)36-14-26(30,31)32)24(41)20-5-4-16(8-15(20)2)21-12-25(43-37-21,27(33,34)35)17-9-18(28)11-19(29)10-17/h4-5,8-11H,3,6-7,12-14H2,1-2H3,(H,36,39). The summed E-state index contributed by atoms with van der Waals surface area (Å²) >= 11 is 11.9. The first-order chi connectivity index (χ1) is 20.0. The van der Waals surface area contributed by atoms with Crippen molar-refractivity contribution in [2.45, 2.75) is 44.6 Å². The number of ether oxygens (including phenoxy) is 1. The van der Waals surface area contributed by atoms with Crippen molar-refractivity contribution in [3.8, 4) is 0 Å². The van der Waals surface area contributed by atoms with Gasteiger partial charge in [0.25, 0.3) is 11.5 Å². The van der Waals surface area contributed by atoms with E-state index in [9.17, 15) is 40.7 Å². The maximum atomic E-state index is 14.3. The smallest absolute Gasteiger partial charge is 0.381 e. The topological polar surface area (TPSA) is 97.3 Å². The molecule has 1 aliphatic heterocycles. The molecule has 1 N–H and O–H groups in total. The number of nitrogens with zero attached hydrogens (tertiary/aromatic N) is 2. The number of imide groups is 1. The molecule has 0 saturated heterocycles. The van der Waals surface area contributed by atoms with Gasteiger partial charge in [0.15, 0.2) is 0 Å². The molecule has 0 saturated carbocycles. The third-order valence-corrected chi connectivity index (χ3v) is 6.74. The van der Waals surface area contributed by atoms with Gasteiger partial charge in [-0.1, -0.05) is 34.4 Å². The largest absolute Gasteiger partial charge is 0.435 e. The van der Waals surface area contributed by atoms with E-state index < -0.39 is 55.2 Å². The first-order valence-corrected chi connectivity index (χ1v) is 13.4. The Kier molecular flexibility index (Phi) is 10.7. The van der Waals surface area contributed by atoms with E-state index in [-0.39, 0.29) is 57.6 Å². The van der Waals surface area contributed by atoms with Gasteiger partial charge in [-0.25, -0.2) is 0 Å². The van der Waals surface area contributed by atoms with Crippen LogP contribution >= 0.6 is 23.2 Å². The van der Waals surface area contributed by atoms with Crippen molar-refractivity contribution in [3.05, 3.63) is 68.7 Å². The Labute approximate surface area is 251 Å². The third-order valence-electron chi connectivity index (χ3n) is 6.30. The van der Waals surface area contributed by atoms with Crippen molar-refractivity contribution < 1.29 is 50.3 Å². The Balaban J connectivity index is 1.88. The van der Waals surface area contributed by atoms with Gasteiger partial charge in [0.05, 0.1) is 18.7 Å². The number of hydrogen-bond acceptors (Lipinski definition) is 6. The van der Waals surface area contributed by atoms with Gasteiger partial charge >= 0.3 is 12.4 Å². The van der Waals surface area contributed by atoms with Gasteiger partial charge in [-0.3, -0.25) is 19.3 Å². The number of rotatable bonds is 10. The summed E-state index contributed by atoms with van der Waals surface area (Å²) in [7, 11) is 0. The first kappa shape index (κ1) is 34.1. The van der Waals surface area contributed by atoms with E-state index in [1.54, 1.807) is 12.2 Å². The molecule has 3 rings (SSSR count). The van der Waals surface area contributed by atoms with Crippen molar-refractivity contribution in [3.63, 3.8) is 0 Å². The summed E-state index contributed by atoms with van der Waals surface area (Å²) in [4.78, 5) is 43.7. The number of benzene rings is 2. The van der Waals surface area contributed by atoms with E-state index in [1.165, 1.54) is 31.2 Å². The highest BCUT2D eigenvalue weighted by Crippen LogP contribution is 2.49. The zero-order valence-corrected chi connectivity index (χ0v) is 24.2. The highest BCUT2D eigenvalue weighted by Gasteiger charge is 2.62. The fourth-order valence-electron chi connectivity index (χ4n) is 4.18. The number of carbonyl (C=O) groups is 3. The SMILES string of the molecule is CCOCCC(=O)N(CC(=O)NCC(F)(F)F)C(=O)c1ccc(C2=NOC(c3cc(Cl)cc(Cl)c3)(C(F)(F)F)C2)cc1C. The van der Waals surface area contributed by atoms with Crippen LogP contribution in [0.4, 0.5) is 26.3 Å². The molecule has 0 aliphatic carbocycles. The number of oxime groups is 1. The average molecular weight is 656 g/mol. The van der Waals surface area contributed by atoms with Gasteiger partial charge in [-0.05, 0) is 55.3 Å². The summed E-state index contributed by atoms with van der Waals surface area (Å²) in [6, 6.07) is 7.20. The van der Waals surface area contributed by atoms with E-state index in [0.717, 1.165) is 12.1 Å². The minimum Gasteiger partial charge on any atom is -0.381 e. The van der Waals surface area contributed by atoms with Gasteiger partial charge in [0, 0.05) is 34.2 Å². The van der Waals surface area contributed by atoms with Crippen LogP contribution in [0.25, 0.3) is 0 Å². The predicted molar refractivity (Wildman–Crippen MR) is 144 cm³/mol. The molecule has 16 heteroatoms. The zero-order valence-electron chi connectivity index (χ0n) is 22.7. The lowest BCUT2D eigenvalue weighted by atomic mass is 9.86. The molecular formula is C27H25Cl2F6N3O5. The highest BCUT2D eigenvalue weighted by atomic mass is 35.5. The lowest BCUT2D eigenvalue weighted by molar-refractivity contribution is -0.275. The third kappa shape index (κ3) is 8.39. The molecule has 1 atom stereocenters. The monoisotopic (exact) mass is 655 g/mol. The molecule has 1 aliphatic rings. The molecule has 234 valence electrons. The molecule has 8 nitrogen and oxygen atoms in total. The lowest BCUT2D eigenvalue weighted by Gasteiger charge is -2.29. The second kappa shape index (κ2) is 13.5. The van der Waals surface area contributed by atoms with Gasteiger partial charge in [0.2, 0.25) is 11.8 Å². The number of nitrogens with one attached hydrogen (secondary N) is 1. The number of aryl methyl sites for hydroxylation is 1. The van der Waals surface area contributed by atoms with Crippen LogP contribution in [0.5, 0.6) is 0 Å². The fraction of sp³-hybridized carbons (Fsp3) is 0.407. The molecule has 43 heavy (non-hydrogen) atoms. The van der Waals surface area contributed by atoms with Crippen LogP contribution in [0.15, 0.2) is 41.6 Å². The van der Waals surface area contributed by atoms with Crippen LogP contribution in [0, 0.1) is 6.92 Å². The van der Waals surface area contributed by atoms with Crippen molar-refractivity contribution in [1.29, 1.82) is 0 Å². The number of alkyl halides is 6. The summed E-state index contributed by atoms with van der Waals surface area (Å²) in [6.07, 6.45) is -10.8. The number of carbonyl (C=O) groups excluding carboxylic acids is 3. The molecule has 0 bridgehead atoms. The summed E-state index contributed by atoms with van der Waals surface area (Å²) in [5.41, 5.74) is -3.17. The van der Waals surface area contributed by atoms with Crippen molar-refractivity contribution >= 4 is 46.6 Å². The molecule has 0 aromatic heterocycles. The maximum Gasteiger partial charge on any atom is 0.435 e. The molecule has 0 radical (unpaired) electrons. The van der Waals surface area contributed by atoms with Crippen molar-refractivity contribution in [2.24, 2.45) is 5.16 Å². The van der Waals surface area contributed by atoms with E-state index >= 15 is 0 Å². The second-order valence-corrected chi connectivity index (χ2v) is 10.3. The summed E-state index contributed by atoms with van der Waals surface area (Å²) in [5.74, 6) is -3.12. The zero-order chi connectivity index (χ0) is 32.2. The average Bonchev–Trinajstić information content (AvgIpc) is 3.37. The molecule has 1 heterocycles. The quantitative estimate of drug-likeness (QED) is 0.252. The van der Waals surface area contributed by atoms with E-state index in [1.807, 2.05) is 0 Å². The summed E-state index contributed by atoms with van der Waals surface area (Å²) in [5, 5.41) is 5.17. The van der Waals surface area contributed by atoms with Crippen LogP contribution in [0.3, 0.4) is 0 Å². The van der Waals surface area contributed by atoms with E-state index in [4.69, 9.17) is 32.8 Å². The maximum absolute atomic E-state index is 14.3. The van der Waals surface area contributed by atoms with Crippen LogP contribution in [0.1, 0.15) is 46.8 Å². The Morgan fingerprint density at radius 3 is 2.28 bits per heavy atom. The van der Waals surface area contributed by atoms with Crippen LogP contribution in [-0.4, -0.2) is 67.0 Å². The summed E-state index contributed by atoms with van der Waals surface area (Å²) in [6.45, 7) is 0.553. The minimum atomic E-state index is -4.94. The Morgan fingerprint density at radius 1 is 1.07 bits per heavy atom. The summed E-state index contributed by atoms with van der Waals surface area (Å²) < 4.78 is 85.7. The molecule has 0 spiro atoms. The number of amides is 3. The van der Waals surface area contributed by atoms with Crippen LogP contribution in [-0.2, 0) is 24.8 Å². The van der Waals surface area contributed by atoms with Gasteiger partial charge in [0.1, 0.15) is 13.1 Å². The molecule has 3 amide bonds.